The van der Waals surface area contributed by atoms with Crippen molar-refractivity contribution in [2.24, 2.45) is 11.8 Å². The van der Waals surface area contributed by atoms with Crippen molar-refractivity contribution in [2.45, 2.75) is 93.9 Å². The van der Waals surface area contributed by atoms with Crippen molar-refractivity contribution in [3.63, 3.8) is 0 Å². The molecule has 0 aromatic heterocycles. The minimum atomic E-state index is 0.642. The highest BCUT2D eigenvalue weighted by molar-refractivity contribution is 5.36. The molecule has 0 radical (unpaired) electrons. The summed E-state index contributed by atoms with van der Waals surface area (Å²) >= 11 is 0. The monoisotopic (exact) mass is 380 g/mol. The minimum absolute atomic E-state index is 0.642. The molecule has 2 aromatic rings. The Morgan fingerprint density at radius 3 is 1.71 bits per heavy atom. The van der Waals surface area contributed by atoms with E-state index in [0.717, 1.165) is 11.8 Å². The molecule has 0 saturated carbocycles. The van der Waals surface area contributed by atoms with Crippen LogP contribution in [-0.2, 0) is 12.8 Å². The maximum Gasteiger partial charge on any atom is -0.0216 e. The first-order valence-corrected chi connectivity index (χ1v) is 11.2. The van der Waals surface area contributed by atoms with Crippen LogP contribution in [0.4, 0.5) is 0 Å². The summed E-state index contributed by atoms with van der Waals surface area (Å²) in [6.07, 6.45) is 2.41. The van der Waals surface area contributed by atoms with Gasteiger partial charge in [-0.25, -0.2) is 0 Å². The zero-order chi connectivity index (χ0) is 21.4. The Labute approximate surface area is 175 Å². The lowest BCUT2D eigenvalue weighted by Gasteiger charge is -2.17. The molecule has 0 heteroatoms. The van der Waals surface area contributed by atoms with E-state index in [1.165, 1.54) is 40.7 Å². The SMILES string of the molecule is Cc1ccc(C(C)C)c(CC(C)C)c1.Cc1cccc(C(C)C)c1CC(C)C. The van der Waals surface area contributed by atoms with E-state index in [-0.39, 0.29) is 0 Å². The Morgan fingerprint density at radius 2 is 1.21 bits per heavy atom. The lowest BCUT2D eigenvalue weighted by molar-refractivity contribution is 0.636. The summed E-state index contributed by atoms with van der Waals surface area (Å²) in [5, 5.41) is 0. The topological polar surface area (TPSA) is 0 Å². The summed E-state index contributed by atoms with van der Waals surface area (Å²) in [5.74, 6) is 2.77. The largest absolute Gasteiger partial charge is 0.0625 e. The number of hydrogen-bond donors (Lipinski definition) is 0. The zero-order valence-corrected chi connectivity index (χ0v) is 20.2. The molecule has 0 N–H and O–H groups in total. The Hall–Kier alpha value is -1.56. The fourth-order valence-electron chi connectivity index (χ4n) is 3.87. The van der Waals surface area contributed by atoms with Crippen LogP contribution in [0.3, 0.4) is 0 Å². The predicted molar refractivity (Wildman–Crippen MR) is 128 cm³/mol. The summed E-state index contributed by atoms with van der Waals surface area (Å²) in [4.78, 5) is 0. The van der Waals surface area contributed by atoms with Gasteiger partial charge >= 0.3 is 0 Å². The normalized spacial score (nSPS) is 11.4. The van der Waals surface area contributed by atoms with Gasteiger partial charge in [-0.2, -0.15) is 0 Å². The van der Waals surface area contributed by atoms with E-state index < -0.39 is 0 Å². The number of benzene rings is 2. The van der Waals surface area contributed by atoms with Crippen LogP contribution in [0.2, 0.25) is 0 Å². The molecular weight excluding hydrogens is 336 g/mol. The third-order valence-corrected chi connectivity index (χ3v) is 5.23. The smallest absolute Gasteiger partial charge is 0.0216 e. The maximum atomic E-state index is 2.34. The minimum Gasteiger partial charge on any atom is -0.0625 e. The van der Waals surface area contributed by atoms with Gasteiger partial charge in [0.25, 0.3) is 0 Å². The van der Waals surface area contributed by atoms with Gasteiger partial charge in [0.05, 0.1) is 0 Å². The molecule has 28 heavy (non-hydrogen) atoms. The predicted octanol–water partition coefficient (Wildman–Crippen LogP) is 8.63. The lowest BCUT2D eigenvalue weighted by Crippen LogP contribution is -2.03. The van der Waals surface area contributed by atoms with Gasteiger partial charge in [0.2, 0.25) is 0 Å². The molecule has 0 bridgehead atoms. The van der Waals surface area contributed by atoms with Crippen molar-refractivity contribution in [3.05, 3.63) is 69.8 Å². The van der Waals surface area contributed by atoms with E-state index in [1.54, 1.807) is 5.56 Å². The van der Waals surface area contributed by atoms with Gasteiger partial charge in [-0.3, -0.25) is 0 Å². The Morgan fingerprint density at radius 1 is 0.643 bits per heavy atom. The fourth-order valence-corrected chi connectivity index (χ4v) is 3.87. The van der Waals surface area contributed by atoms with Crippen LogP contribution in [0.15, 0.2) is 36.4 Å². The average molecular weight is 381 g/mol. The van der Waals surface area contributed by atoms with Crippen molar-refractivity contribution < 1.29 is 0 Å². The second kappa shape index (κ2) is 11.4. The number of rotatable bonds is 6. The van der Waals surface area contributed by atoms with E-state index >= 15 is 0 Å². The third-order valence-electron chi connectivity index (χ3n) is 5.23. The molecule has 0 aliphatic carbocycles. The van der Waals surface area contributed by atoms with Gasteiger partial charge in [-0.05, 0) is 78.2 Å². The molecule has 2 rings (SSSR count). The van der Waals surface area contributed by atoms with Crippen LogP contribution in [0.5, 0.6) is 0 Å². The van der Waals surface area contributed by atoms with Gasteiger partial charge in [0.1, 0.15) is 0 Å². The van der Waals surface area contributed by atoms with Gasteiger partial charge in [0.15, 0.2) is 0 Å². The Balaban J connectivity index is 0.000000280. The van der Waals surface area contributed by atoms with Crippen molar-refractivity contribution in [2.75, 3.05) is 0 Å². The molecule has 0 amide bonds. The first kappa shape index (κ1) is 24.5. The molecule has 156 valence electrons. The molecule has 0 aliphatic rings. The molecule has 0 unspecified atom stereocenters. The third kappa shape index (κ3) is 7.82. The average Bonchev–Trinajstić information content (AvgIpc) is 2.56. The zero-order valence-electron chi connectivity index (χ0n) is 20.2. The summed E-state index contributed by atoms with van der Waals surface area (Å²) in [5.41, 5.74) is 8.98. The second-order valence-corrected chi connectivity index (χ2v) is 9.85. The fraction of sp³-hybridized carbons (Fsp3) is 0.571. The molecule has 2 aromatic carbocycles. The second-order valence-electron chi connectivity index (χ2n) is 9.85. The lowest BCUT2D eigenvalue weighted by atomic mass is 9.89. The van der Waals surface area contributed by atoms with Crippen LogP contribution < -0.4 is 0 Å². The number of hydrogen-bond acceptors (Lipinski definition) is 0. The highest BCUT2D eigenvalue weighted by atomic mass is 14.2. The molecule has 0 fully saturated rings. The molecule has 0 nitrogen and oxygen atoms in total. The van der Waals surface area contributed by atoms with Crippen molar-refractivity contribution in [1.82, 2.24) is 0 Å². The van der Waals surface area contributed by atoms with E-state index in [1.807, 2.05) is 0 Å². The van der Waals surface area contributed by atoms with E-state index in [9.17, 15) is 0 Å². The van der Waals surface area contributed by atoms with Crippen LogP contribution in [-0.4, -0.2) is 0 Å². The van der Waals surface area contributed by atoms with Crippen molar-refractivity contribution in [1.29, 1.82) is 0 Å². The van der Waals surface area contributed by atoms with Gasteiger partial charge in [-0.15, -0.1) is 0 Å². The van der Waals surface area contributed by atoms with E-state index in [4.69, 9.17) is 0 Å². The summed E-state index contributed by atoms with van der Waals surface area (Å²) in [7, 11) is 0. The highest BCUT2D eigenvalue weighted by Gasteiger charge is 2.10. The summed E-state index contributed by atoms with van der Waals surface area (Å²) in [6.45, 7) is 22.6. The quantitative estimate of drug-likeness (QED) is 0.470. The molecule has 0 spiro atoms. The maximum absolute atomic E-state index is 2.34. The first-order valence-electron chi connectivity index (χ1n) is 11.2. The molecule has 0 atom stereocenters. The number of aryl methyl sites for hydroxylation is 2. The van der Waals surface area contributed by atoms with Crippen LogP contribution >= 0.6 is 0 Å². The van der Waals surface area contributed by atoms with Crippen LogP contribution in [0, 0.1) is 25.7 Å². The van der Waals surface area contributed by atoms with Gasteiger partial charge in [0, 0.05) is 0 Å². The van der Waals surface area contributed by atoms with E-state index in [2.05, 4.69) is 106 Å². The van der Waals surface area contributed by atoms with Gasteiger partial charge in [-0.1, -0.05) is 97.4 Å². The molecule has 0 aliphatic heterocycles. The molecule has 0 saturated heterocycles. The molecule has 0 heterocycles. The van der Waals surface area contributed by atoms with Crippen molar-refractivity contribution >= 4 is 0 Å². The van der Waals surface area contributed by atoms with Gasteiger partial charge < -0.3 is 0 Å². The van der Waals surface area contributed by atoms with E-state index in [0.29, 0.717) is 11.8 Å². The summed E-state index contributed by atoms with van der Waals surface area (Å²) < 4.78 is 0. The standard InChI is InChI=1S/2C14H22/c1-10(2)8-13-9-12(5)6-7-14(13)11(3)4;1-10(2)9-14-12(5)7-6-8-13(14)11(3)4/h6-7,9-11H,8H2,1-5H3;6-8,10-11H,9H2,1-5H3. The molecular formula is C28H44. The highest BCUT2D eigenvalue weighted by Crippen LogP contribution is 2.25. The van der Waals surface area contributed by atoms with Crippen LogP contribution in [0.1, 0.15) is 101 Å². The first-order chi connectivity index (χ1) is 13.0. The van der Waals surface area contributed by atoms with Crippen LogP contribution in [0.25, 0.3) is 0 Å². The van der Waals surface area contributed by atoms with Crippen molar-refractivity contribution in [3.8, 4) is 0 Å². The summed E-state index contributed by atoms with van der Waals surface area (Å²) in [6, 6.07) is 13.5. The Bertz CT molecular complexity index is 717. The Kier molecular flexibility index (Phi) is 10.0.